The van der Waals surface area contributed by atoms with Crippen LogP contribution in [0.2, 0.25) is 0 Å². The molecule has 6 nitrogen and oxygen atoms in total. The zero-order valence-corrected chi connectivity index (χ0v) is 17.6. The topological polar surface area (TPSA) is 66.9 Å². The molecule has 1 saturated carbocycles. The van der Waals surface area contributed by atoms with Gasteiger partial charge in [-0.25, -0.2) is 4.90 Å². The van der Waals surface area contributed by atoms with E-state index in [1.54, 1.807) is 41.3 Å². The lowest BCUT2D eigenvalue weighted by Crippen LogP contribution is -2.52. The normalized spacial score (nSPS) is 19.9. The predicted octanol–water partition coefficient (Wildman–Crippen LogP) is 3.95. The molecule has 1 heterocycles. The molecule has 0 spiro atoms. The second-order valence-electron chi connectivity index (χ2n) is 8.17. The minimum Gasteiger partial charge on any atom is -0.484 e. The number of benzene rings is 2. The number of imide groups is 1. The van der Waals surface area contributed by atoms with Crippen LogP contribution in [0.15, 0.2) is 60.7 Å². The highest BCUT2D eigenvalue weighted by Crippen LogP contribution is 2.30. The zero-order valence-electron chi connectivity index (χ0n) is 17.6. The summed E-state index contributed by atoms with van der Waals surface area (Å²) in [6.45, 7) is -0.149. The number of ether oxygens (including phenoxy) is 1. The van der Waals surface area contributed by atoms with Crippen LogP contribution in [0.4, 0.5) is 5.69 Å². The summed E-state index contributed by atoms with van der Waals surface area (Å²) in [7, 11) is 0. The van der Waals surface area contributed by atoms with Crippen LogP contribution < -0.4 is 9.64 Å². The summed E-state index contributed by atoms with van der Waals surface area (Å²) in [4.78, 5) is 42.3. The van der Waals surface area contributed by atoms with Crippen molar-refractivity contribution in [3.63, 3.8) is 0 Å². The van der Waals surface area contributed by atoms with E-state index in [0.717, 1.165) is 38.5 Å². The smallest absolute Gasteiger partial charge is 0.261 e. The second-order valence-corrected chi connectivity index (χ2v) is 8.17. The van der Waals surface area contributed by atoms with Gasteiger partial charge < -0.3 is 9.64 Å². The zero-order chi connectivity index (χ0) is 21.6. The van der Waals surface area contributed by atoms with Gasteiger partial charge in [0.15, 0.2) is 6.61 Å². The Morgan fingerprint density at radius 3 is 2.16 bits per heavy atom. The summed E-state index contributed by atoms with van der Waals surface area (Å²) >= 11 is 0. The Balaban J connectivity index is 1.57. The first-order valence-electron chi connectivity index (χ1n) is 11.1. The molecule has 1 atom stereocenters. The van der Waals surface area contributed by atoms with E-state index >= 15 is 0 Å². The van der Waals surface area contributed by atoms with Crippen LogP contribution in [-0.4, -0.2) is 41.3 Å². The van der Waals surface area contributed by atoms with Crippen molar-refractivity contribution in [3.8, 4) is 5.75 Å². The van der Waals surface area contributed by atoms with Crippen LogP contribution in [0.1, 0.15) is 44.9 Å². The van der Waals surface area contributed by atoms with Gasteiger partial charge in [-0.1, -0.05) is 62.1 Å². The number of carbonyl (C=O) groups is 3. The Morgan fingerprint density at radius 2 is 1.52 bits per heavy atom. The van der Waals surface area contributed by atoms with Gasteiger partial charge in [0, 0.05) is 6.04 Å². The molecule has 162 valence electrons. The van der Waals surface area contributed by atoms with Gasteiger partial charge in [-0.3, -0.25) is 14.4 Å². The first kappa shape index (κ1) is 21.1. The number of anilines is 1. The van der Waals surface area contributed by atoms with Crippen molar-refractivity contribution in [1.29, 1.82) is 0 Å². The first-order chi connectivity index (χ1) is 15.1. The van der Waals surface area contributed by atoms with E-state index in [4.69, 9.17) is 4.74 Å². The third-order valence-electron chi connectivity index (χ3n) is 6.08. The Labute approximate surface area is 182 Å². The van der Waals surface area contributed by atoms with Crippen molar-refractivity contribution in [2.45, 2.75) is 57.0 Å². The molecule has 0 radical (unpaired) electrons. The van der Waals surface area contributed by atoms with Gasteiger partial charge in [0.25, 0.3) is 11.8 Å². The fourth-order valence-electron chi connectivity index (χ4n) is 4.59. The lowest BCUT2D eigenvalue weighted by Gasteiger charge is -2.35. The fraction of sp³-hybridized carbons (Fsp3) is 0.400. The monoisotopic (exact) mass is 420 g/mol. The van der Waals surface area contributed by atoms with Crippen molar-refractivity contribution in [2.24, 2.45) is 0 Å². The largest absolute Gasteiger partial charge is 0.484 e. The van der Waals surface area contributed by atoms with Crippen LogP contribution in [0.3, 0.4) is 0 Å². The highest BCUT2D eigenvalue weighted by atomic mass is 16.5. The number of para-hydroxylation sites is 2. The van der Waals surface area contributed by atoms with E-state index < -0.39 is 6.04 Å². The number of hydrogen-bond acceptors (Lipinski definition) is 4. The molecule has 2 aliphatic rings. The van der Waals surface area contributed by atoms with E-state index in [1.165, 1.54) is 4.90 Å². The molecule has 6 heteroatoms. The minimum atomic E-state index is -0.775. The van der Waals surface area contributed by atoms with Gasteiger partial charge in [-0.2, -0.15) is 0 Å². The number of carbonyl (C=O) groups excluding carboxylic acids is 3. The standard InChI is InChI=1S/C25H28N2O4/c28-23-17-22(25(30)27(23)20-13-7-3-8-14-20)26(19-11-5-1-2-6-12-19)24(29)18-31-21-15-9-4-10-16-21/h3-4,7-10,13-16,19,22H,1-2,5-6,11-12,17-18H2. The summed E-state index contributed by atoms with van der Waals surface area (Å²) in [6.07, 6.45) is 6.01. The Hall–Kier alpha value is -3.15. The van der Waals surface area contributed by atoms with Crippen molar-refractivity contribution < 1.29 is 19.1 Å². The van der Waals surface area contributed by atoms with Gasteiger partial charge in [0.1, 0.15) is 11.8 Å². The van der Waals surface area contributed by atoms with E-state index in [-0.39, 0.29) is 36.8 Å². The maximum Gasteiger partial charge on any atom is 0.261 e. The van der Waals surface area contributed by atoms with Gasteiger partial charge in [0.05, 0.1) is 12.1 Å². The maximum atomic E-state index is 13.3. The first-order valence-corrected chi connectivity index (χ1v) is 11.1. The van der Waals surface area contributed by atoms with Crippen molar-refractivity contribution in [1.82, 2.24) is 4.90 Å². The minimum absolute atomic E-state index is 0.0152. The van der Waals surface area contributed by atoms with Crippen LogP contribution in [0, 0.1) is 0 Å². The SMILES string of the molecule is O=C1CC(N(C(=O)COc2ccccc2)C2CCCCCC2)C(=O)N1c1ccccc1. The molecule has 2 fully saturated rings. The Morgan fingerprint density at radius 1 is 0.903 bits per heavy atom. The summed E-state index contributed by atoms with van der Waals surface area (Å²) in [6, 6.07) is 17.3. The summed E-state index contributed by atoms with van der Waals surface area (Å²) in [5, 5.41) is 0. The molecule has 0 N–H and O–H groups in total. The molecular weight excluding hydrogens is 392 g/mol. The van der Waals surface area contributed by atoms with E-state index in [2.05, 4.69) is 0 Å². The fourth-order valence-corrected chi connectivity index (χ4v) is 4.59. The van der Waals surface area contributed by atoms with Crippen LogP contribution in [0.25, 0.3) is 0 Å². The van der Waals surface area contributed by atoms with Gasteiger partial charge in [0.2, 0.25) is 5.91 Å². The lowest BCUT2D eigenvalue weighted by atomic mass is 10.0. The molecular formula is C25H28N2O4. The maximum absolute atomic E-state index is 13.3. The molecule has 1 saturated heterocycles. The summed E-state index contributed by atoms with van der Waals surface area (Å²) in [5.74, 6) is -0.224. The van der Waals surface area contributed by atoms with Gasteiger partial charge >= 0.3 is 0 Å². The average Bonchev–Trinajstić information content (AvgIpc) is 2.96. The molecule has 4 rings (SSSR count). The third-order valence-corrected chi connectivity index (χ3v) is 6.08. The van der Waals surface area contributed by atoms with Crippen molar-refractivity contribution in [2.75, 3.05) is 11.5 Å². The Kier molecular flexibility index (Phi) is 6.65. The number of nitrogens with zero attached hydrogens (tertiary/aromatic N) is 2. The molecule has 0 aromatic heterocycles. The van der Waals surface area contributed by atoms with Crippen LogP contribution >= 0.6 is 0 Å². The molecule has 2 aromatic rings. The number of rotatable bonds is 6. The van der Waals surface area contributed by atoms with Gasteiger partial charge in [-0.05, 0) is 37.1 Å². The lowest BCUT2D eigenvalue weighted by molar-refractivity contribution is -0.143. The van der Waals surface area contributed by atoms with E-state index in [0.29, 0.717) is 11.4 Å². The molecule has 1 unspecified atom stereocenters. The highest BCUT2D eigenvalue weighted by molar-refractivity contribution is 6.23. The quantitative estimate of drug-likeness (QED) is 0.524. The van der Waals surface area contributed by atoms with Crippen molar-refractivity contribution >= 4 is 23.4 Å². The molecule has 0 bridgehead atoms. The number of amides is 3. The van der Waals surface area contributed by atoms with Crippen LogP contribution in [-0.2, 0) is 14.4 Å². The van der Waals surface area contributed by atoms with Crippen molar-refractivity contribution in [3.05, 3.63) is 60.7 Å². The Bertz CT molecular complexity index is 908. The molecule has 2 aromatic carbocycles. The number of hydrogen-bond donors (Lipinski definition) is 0. The summed E-state index contributed by atoms with van der Waals surface area (Å²) < 4.78 is 5.70. The van der Waals surface area contributed by atoms with E-state index in [9.17, 15) is 14.4 Å². The average molecular weight is 421 g/mol. The predicted molar refractivity (Wildman–Crippen MR) is 118 cm³/mol. The third kappa shape index (κ3) is 4.79. The van der Waals surface area contributed by atoms with Gasteiger partial charge in [-0.15, -0.1) is 0 Å². The van der Waals surface area contributed by atoms with Crippen LogP contribution in [0.5, 0.6) is 5.75 Å². The second kappa shape index (κ2) is 9.77. The molecule has 3 amide bonds. The van der Waals surface area contributed by atoms with E-state index in [1.807, 2.05) is 24.3 Å². The summed E-state index contributed by atoms with van der Waals surface area (Å²) in [5.41, 5.74) is 0.550. The highest BCUT2D eigenvalue weighted by Gasteiger charge is 2.46. The molecule has 31 heavy (non-hydrogen) atoms. The molecule has 1 aliphatic heterocycles. The molecule has 1 aliphatic carbocycles.